The molecule has 1 heterocycles. The van der Waals surface area contributed by atoms with Crippen molar-refractivity contribution in [3.05, 3.63) is 84.2 Å². The summed E-state index contributed by atoms with van der Waals surface area (Å²) in [6, 6.07) is 25.5. The van der Waals surface area contributed by atoms with E-state index in [-0.39, 0.29) is 18.3 Å². The molecule has 0 N–H and O–H groups in total. The van der Waals surface area contributed by atoms with Gasteiger partial charge in [-0.2, -0.15) is 0 Å². The van der Waals surface area contributed by atoms with E-state index in [1.807, 2.05) is 24.3 Å². The fraction of sp³-hybridized carbons (Fsp3) is 0.207. The molecule has 0 amide bonds. The Kier molecular flexibility index (Phi) is 4.18. The zero-order chi connectivity index (χ0) is 23.0. The molecule has 1 fully saturated rings. The van der Waals surface area contributed by atoms with Gasteiger partial charge in [0.1, 0.15) is 0 Å². The van der Waals surface area contributed by atoms with Gasteiger partial charge in [0.15, 0.2) is 5.69 Å². The predicted octanol–water partition coefficient (Wildman–Crippen LogP) is 7.10. The number of hydrogen-bond donors (Lipinski definition) is 0. The highest BCUT2D eigenvalue weighted by molar-refractivity contribution is 6.62. The van der Waals surface area contributed by atoms with Crippen LogP contribution in [-0.4, -0.2) is 18.3 Å². The van der Waals surface area contributed by atoms with Crippen LogP contribution in [0.15, 0.2) is 72.8 Å². The first-order chi connectivity index (χ1) is 15.8. The van der Waals surface area contributed by atoms with Crippen molar-refractivity contribution in [3.8, 4) is 11.1 Å². The summed E-state index contributed by atoms with van der Waals surface area (Å²) < 4.78 is 12.6. The molecule has 1 aliphatic heterocycles. The molecule has 0 saturated carbocycles. The van der Waals surface area contributed by atoms with Gasteiger partial charge in [-0.05, 0) is 88.7 Å². The maximum Gasteiger partial charge on any atom is 0.494 e. The van der Waals surface area contributed by atoms with Crippen molar-refractivity contribution in [2.45, 2.75) is 38.9 Å². The molecule has 0 atom stereocenters. The van der Waals surface area contributed by atoms with E-state index in [1.54, 1.807) is 0 Å². The Bertz CT molecular complexity index is 1500. The van der Waals surface area contributed by atoms with Crippen LogP contribution in [0.3, 0.4) is 0 Å². The van der Waals surface area contributed by atoms with Crippen LogP contribution in [0, 0.1) is 6.57 Å². The van der Waals surface area contributed by atoms with Gasteiger partial charge in [0, 0.05) is 0 Å². The first kappa shape index (κ1) is 20.2. The second-order valence-corrected chi connectivity index (χ2v) is 10.0. The number of rotatable bonds is 2. The number of benzene rings is 5. The molecule has 0 spiro atoms. The lowest BCUT2D eigenvalue weighted by Gasteiger charge is -2.32. The maximum atomic E-state index is 7.18. The second-order valence-electron chi connectivity index (χ2n) is 10.0. The lowest BCUT2D eigenvalue weighted by atomic mass is 9.76. The van der Waals surface area contributed by atoms with Gasteiger partial charge in [-0.15, -0.1) is 0 Å². The monoisotopic (exact) mass is 429 g/mol. The van der Waals surface area contributed by atoms with Crippen LogP contribution >= 0.6 is 0 Å². The molecule has 4 heteroatoms. The highest BCUT2D eigenvalue weighted by Crippen LogP contribution is 2.39. The van der Waals surface area contributed by atoms with Gasteiger partial charge in [-0.1, -0.05) is 60.7 Å². The van der Waals surface area contributed by atoms with Crippen molar-refractivity contribution in [3.63, 3.8) is 0 Å². The molecule has 1 aliphatic rings. The summed E-state index contributed by atoms with van der Waals surface area (Å²) in [5.41, 5.74) is 3.28. The number of nitrogens with zero attached hydrogens (tertiary/aromatic N) is 1. The predicted molar refractivity (Wildman–Crippen MR) is 138 cm³/mol. The average molecular weight is 429 g/mol. The van der Waals surface area contributed by atoms with Gasteiger partial charge >= 0.3 is 7.12 Å². The SMILES string of the molecule is [C-]#[N+]c1ccc(-c2cc3ccc4cc(B5OC(C)(C)C(C)(C)O5)cc5ccc(c2)c3c45)cc1. The topological polar surface area (TPSA) is 22.8 Å². The zero-order valence-electron chi connectivity index (χ0n) is 19.3. The Morgan fingerprint density at radius 1 is 0.636 bits per heavy atom. The minimum Gasteiger partial charge on any atom is -0.399 e. The number of hydrogen-bond acceptors (Lipinski definition) is 2. The van der Waals surface area contributed by atoms with Crippen LogP contribution in [0.2, 0.25) is 0 Å². The van der Waals surface area contributed by atoms with Gasteiger partial charge < -0.3 is 9.31 Å². The fourth-order valence-corrected chi connectivity index (χ4v) is 4.87. The molecule has 160 valence electrons. The summed E-state index contributed by atoms with van der Waals surface area (Å²) in [7, 11) is -0.373. The van der Waals surface area contributed by atoms with E-state index in [0.717, 1.165) is 16.6 Å². The molecule has 1 saturated heterocycles. The van der Waals surface area contributed by atoms with Crippen LogP contribution in [0.1, 0.15) is 27.7 Å². The first-order valence-electron chi connectivity index (χ1n) is 11.3. The van der Waals surface area contributed by atoms with E-state index in [1.165, 1.54) is 32.3 Å². The molecule has 0 aliphatic carbocycles. The van der Waals surface area contributed by atoms with Gasteiger partial charge in [0.05, 0.1) is 17.8 Å². The highest BCUT2D eigenvalue weighted by Gasteiger charge is 2.51. The van der Waals surface area contributed by atoms with E-state index in [9.17, 15) is 0 Å². The van der Waals surface area contributed by atoms with E-state index < -0.39 is 0 Å². The van der Waals surface area contributed by atoms with E-state index in [2.05, 4.69) is 81.1 Å². The third-order valence-electron chi connectivity index (χ3n) is 7.41. The Labute approximate surface area is 194 Å². The van der Waals surface area contributed by atoms with Crippen LogP contribution in [-0.2, 0) is 9.31 Å². The maximum absolute atomic E-state index is 7.18. The summed E-state index contributed by atoms with van der Waals surface area (Å²) >= 11 is 0. The summed E-state index contributed by atoms with van der Waals surface area (Å²) in [5.74, 6) is 0. The Balaban J connectivity index is 1.50. The standard InChI is InChI=1S/C29H24BNO2/c1-28(2)29(3,4)33-30(32-28)24-16-21-8-6-19-14-23(18-10-12-25(31-5)13-11-18)15-20-7-9-22(17-24)27(21)26(19)20/h6-17H,1-4H3. The largest absolute Gasteiger partial charge is 0.494 e. The quantitative estimate of drug-likeness (QED) is 0.170. The van der Waals surface area contributed by atoms with Crippen LogP contribution in [0.25, 0.3) is 48.3 Å². The van der Waals surface area contributed by atoms with Crippen molar-refractivity contribution in [2.24, 2.45) is 0 Å². The Morgan fingerprint density at radius 3 is 1.55 bits per heavy atom. The van der Waals surface area contributed by atoms with Crippen molar-refractivity contribution < 1.29 is 9.31 Å². The van der Waals surface area contributed by atoms with E-state index in [0.29, 0.717) is 5.69 Å². The smallest absolute Gasteiger partial charge is 0.399 e. The summed E-state index contributed by atoms with van der Waals surface area (Å²) in [5, 5.41) is 7.40. The van der Waals surface area contributed by atoms with E-state index in [4.69, 9.17) is 15.9 Å². The van der Waals surface area contributed by atoms with E-state index >= 15 is 0 Å². The molecular weight excluding hydrogens is 405 g/mol. The van der Waals surface area contributed by atoms with Crippen LogP contribution in [0.5, 0.6) is 0 Å². The summed E-state index contributed by atoms with van der Waals surface area (Å²) in [6.45, 7) is 15.5. The van der Waals surface area contributed by atoms with Crippen LogP contribution in [0.4, 0.5) is 5.69 Å². The second kappa shape index (κ2) is 6.81. The van der Waals surface area contributed by atoms with Gasteiger partial charge in [0.2, 0.25) is 0 Å². The third kappa shape index (κ3) is 3.04. The summed E-state index contributed by atoms with van der Waals surface area (Å²) in [4.78, 5) is 3.50. The first-order valence-corrected chi connectivity index (χ1v) is 11.3. The van der Waals surface area contributed by atoms with Crippen LogP contribution < -0.4 is 5.46 Å². The van der Waals surface area contributed by atoms with Crippen molar-refractivity contribution in [1.29, 1.82) is 0 Å². The third-order valence-corrected chi connectivity index (χ3v) is 7.41. The molecule has 5 aromatic carbocycles. The minimum atomic E-state index is -0.373. The highest BCUT2D eigenvalue weighted by atomic mass is 16.7. The molecule has 3 nitrogen and oxygen atoms in total. The molecule has 5 aromatic rings. The van der Waals surface area contributed by atoms with Gasteiger partial charge in [-0.25, -0.2) is 4.85 Å². The molecular formula is C29H24BNO2. The zero-order valence-corrected chi connectivity index (χ0v) is 19.3. The minimum absolute atomic E-state index is 0.361. The lowest BCUT2D eigenvalue weighted by molar-refractivity contribution is 0.00578. The lowest BCUT2D eigenvalue weighted by Crippen LogP contribution is -2.41. The molecule has 0 aromatic heterocycles. The van der Waals surface area contributed by atoms with Crippen molar-refractivity contribution in [2.75, 3.05) is 0 Å². The molecule has 0 bridgehead atoms. The molecule has 0 radical (unpaired) electrons. The normalized spacial score (nSPS) is 17.2. The average Bonchev–Trinajstić information content (AvgIpc) is 3.03. The van der Waals surface area contributed by atoms with Crippen molar-refractivity contribution in [1.82, 2.24) is 0 Å². The Morgan fingerprint density at radius 2 is 1.09 bits per heavy atom. The summed E-state index contributed by atoms with van der Waals surface area (Å²) in [6.07, 6.45) is 0. The van der Waals surface area contributed by atoms with Gasteiger partial charge in [0.25, 0.3) is 0 Å². The van der Waals surface area contributed by atoms with Gasteiger partial charge in [-0.3, -0.25) is 0 Å². The molecule has 33 heavy (non-hydrogen) atoms. The van der Waals surface area contributed by atoms with Crippen molar-refractivity contribution >= 4 is 50.6 Å². The molecule has 0 unspecified atom stereocenters. The molecule has 6 rings (SSSR count). The Hall–Kier alpha value is -3.39. The fourth-order valence-electron chi connectivity index (χ4n) is 4.87.